The minimum absolute atomic E-state index is 0.187. The van der Waals surface area contributed by atoms with Gasteiger partial charge in [-0.3, -0.25) is 4.90 Å². The van der Waals surface area contributed by atoms with E-state index in [1.807, 2.05) is 18.2 Å². The summed E-state index contributed by atoms with van der Waals surface area (Å²) in [5.41, 5.74) is 6.96. The van der Waals surface area contributed by atoms with E-state index in [1.165, 1.54) is 6.42 Å². The van der Waals surface area contributed by atoms with Gasteiger partial charge in [-0.25, -0.2) is 0 Å². The Bertz CT molecular complexity index is 545. The van der Waals surface area contributed by atoms with Crippen LogP contribution in [0.1, 0.15) is 18.2 Å². The maximum Gasteiger partial charge on any atom is 0.134 e. The summed E-state index contributed by atoms with van der Waals surface area (Å²) in [6, 6.07) is 11.1. The van der Waals surface area contributed by atoms with Gasteiger partial charge in [0.15, 0.2) is 0 Å². The van der Waals surface area contributed by atoms with Crippen molar-refractivity contribution in [1.29, 1.82) is 0 Å². The monoisotopic (exact) mass is 273 g/mol. The summed E-state index contributed by atoms with van der Waals surface area (Å²) in [6.07, 6.45) is 1.20. The summed E-state index contributed by atoms with van der Waals surface area (Å²) in [7, 11) is 4.29. The average Bonchev–Trinajstić information content (AvgIpc) is 3.06. The number of likely N-dealkylation sites (tertiary alicyclic amines) is 1. The van der Waals surface area contributed by atoms with Gasteiger partial charge in [-0.05, 0) is 32.6 Å². The van der Waals surface area contributed by atoms with Gasteiger partial charge in [0.25, 0.3) is 0 Å². The van der Waals surface area contributed by atoms with Gasteiger partial charge in [-0.1, -0.05) is 18.2 Å². The normalized spacial score (nSPS) is 21.9. The second-order valence-corrected chi connectivity index (χ2v) is 5.84. The van der Waals surface area contributed by atoms with Crippen LogP contribution < -0.4 is 5.73 Å². The lowest BCUT2D eigenvalue weighted by Gasteiger charge is -2.26. The van der Waals surface area contributed by atoms with Gasteiger partial charge < -0.3 is 15.1 Å². The third-order valence-electron chi connectivity index (χ3n) is 4.36. The zero-order valence-electron chi connectivity index (χ0n) is 12.2. The molecule has 2 N–H and O–H groups in total. The molecular formula is C16H23N3O. The first-order chi connectivity index (χ1) is 9.69. The van der Waals surface area contributed by atoms with Crippen LogP contribution >= 0.6 is 0 Å². The molecule has 3 rings (SSSR count). The number of nitrogens with two attached hydrogens (primary N) is 1. The van der Waals surface area contributed by atoms with E-state index in [1.54, 1.807) is 0 Å². The van der Waals surface area contributed by atoms with Crippen molar-refractivity contribution >= 4 is 11.0 Å². The molecule has 1 aromatic heterocycles. The molecule has 0 bridgehead atoms. The van der Waals surface area contributed by atoms with Crippen LogP contribution in [-0.2, 0) is 0 Å². The van der Waals surface area contributed by atoms with Crippen molar-refractivity contribution < 1.29 is 4.42 Å². The number of furan rings is 1. The van der Waals surface area contributed by atoms with Crippen molar-refractivity contribution in [2.24, 2.45) is 5.73 Å². The van der Waals surface area contributed by atoms with E-state index >= 15 is 0 Å². The Hall–Kier alpha value is -1.36. The summed E-state index contributed by atoms with van der Waals surface area (Å²) in [5, 5.41) is 1.16. The summed E-state index contributed by atoms with van der Waals surface area (Å²) < 4.78 is 5.99. The third-order valence-corrected chi connectivity index (χ3v) is 4.36. The molecule has 0 spiro atoms. The molecule has 4 nitrogen and oxygen atoms in total. The summed E-state index contributed by atoms with van der Waals surface area (Å²) in [4.78, 5) is 4.74. The fourth-order valence-electron chi connectivity index (χ4n) is 3.08. The van der Waals surface area contributed by atoms with Crippen molar-refractivity contribution in [3.05, 3.63) is 36.1 Å². The van der Waals surface area contributed by atoms with Crippen molar-refractivity contribution in [2.45, 2.75) is 18.5 Å². The zero-order chi connectivity index (χ0) is 14.1. The maximum absolute atomic E-state index is 6.01. The molecule has 108 valence electrons. The van der Waals surface area contributed by atoms with Crippen molar-refractivity contribution in [2.75, 3.05) is 33.7 Å². The van der Waals surface area contributed by atoms with E-state index in [0.29, 0.717) is 12.6 Å². The van der Waals surface area contributed by atoms with Gasteiger partial charge >= 0.3 is 0 Å². The van der Waals surface area contributed by atoms with E-state index < -0.39 is 0 Å². The van der Waals surface area contributed by atoms with E-state index in [9.17, 15) is 0 Å². The fourth-order valence-corrected chi connectivity index (χ4v) is 3.08. The highest BCUT2D eigenvalue weighted by molar-refractivity contribution is 5.77. The van der Waals surface area contributed by atoms with E-state index in [0.717, 1.165) is 29.8 Å². The molecule has 0 saturated carbocycles. The van der Waals surface area contributed by atoms with Crippen LogP contribution in [0.15, 0.2) is 34.7 Å². The number of likely N-dealkylation sites (N-methyl/N-ethyl adjacent to an activating group) is 1. The Kier molecular flexibility index (Phi) is 3.78. The van der Waals surface area contributed by atoms with Gasteiger partial charge in [0.05, 0.1) is 6.04 Å². The van der Waals surface area contributed by atoms with Gasteiger partial charge in [-0.2, -0.15) is 0 Å². The van der Waals surface area contributed by atoms with Crippen molar-refractivity contribution in [1.82, 2.24) is 9.80 Å². The van der Waals surface area contributed by atoms with E-state index in [-0.39, 0.29) is 6.04 Å². The van der Waals surface area contributed by atoms with Crippen LogP contribution in [0.25, 0.3) is 11.0 Å². The molecule has 0 radical (unpaired) electrons. The van der Waals surface area contributed by atoms with Gasteiger partial charge in [0.1, 0.15) is 11.3 Å². The van der Waals surface area contributed by atoms with Crippen LogP contribution in [0.5, 0.6) is 0 Å². The van der Waals surface area contributed by atoms with Crippen molar-refractivity contribution in [3.63, 3.8) is 0 Å². The number of hydrogen-bond acceptors (Lipinski definition) is 4. The van der Waals surface area contributed by atoms with Crippen molar-refractivity contribution in [3.8, 4) is 0 Å². The topological polar surface area (TPSA) is 45.6 Å². The molecule has 1 aliphatic heterocycles. The Morgan fingerprint density at radius 3 is 2.85 bits per heavy atom. The number of para-hydroxylation sites is 1. The number of fused-ring (bicyclic) bond motifs is 1. The Morgan fingerprint density at radius 1 is 1.40 bits per heavy atom. The Balaban J connectivity index is 1.83. The molecule has 1 aromatic carbocycles. The molecule has 4 heteroatoms. The first-order valence-electron chi connectivity index (χ1n) is 7.28. The molecule has 1 aliphatic rings. The van der Waals surface area contributed by atoms with E-state index in [4.69, 9.17) is 10.2 Å². The molecule has 2 unspecified atom stereocenters. The zero-order valence-corrected chi connectivity index (χ0v) is 12.2. The second kappa shape index (κ2) is 5.56. The molecule has 2 heterocycles. The molecule has 1 fully saturated rings. The van der Waals surface area contributed by atoms with Gasteiger partial charge in [0, 0.05) is 31.1 Å². The van der Waals surface area contributed by atoms with Crippen LogP contribution in [0, 0.1) is 0 Å². The summed E-state index contributed by atoms with van der Waals surface area (Å²) >= 11 is 0. The highest BCUT2D eigenvalue weighted by Gasteiger charge is 2.31. The van der Waals surface area contributed by atoms with Gasteiger partial charge in [0.2, 0.25) is 0 Å². The van der Waals surface area contributed by atoms with Crippen LogP contribution in [0.2, 0.25) is 0 Å². The highest BCUT2D eigenvalue weighted by Crippen LogP contribution is 2.30. The second-order valence-electron chi connectivity index (χ2n) is 5.84. The Morgan fingerprint density at radius 2 is 2.20 bits per heavy atom. The third kappa shape index (κ3) is 2.46. The molecule has 0 aliphatic carbocycles. The fraction of sp³-hybridized carbons (Fsp3) is 0.500. The largest absolute Gasteiger partial charge is 0.459 e. The minimum atomic E-state index is 0.187. The van der Waals surface area contributed by atoms with Crippen LogP contribution in [0.4, 0.5) is 0 Å². The lowest BCUT2D eigenvalue weighted by atomic mass is 10.1. The highest BCUT2D eigenvalue weighted by atomic mass is 16.3. The van der Waals surface area contributed by atoms with Crippen LogP contribution in [-0.4, -0.2) is 49.6 Å². The number of benzene rings is 1. The standard InChI is InChI=1S/C16H23N3O/c1-18(2)13-7-8-19(11-13)14(10-17)16-9-12-5-3-4-6-15(12)20-16/h3-6,9,13-14H,7-8,10-11,17H2,1-2H3. The lowest BCUT2D eigenvalue weighted by molar-refractivity contribution is 0.201. The Labute approximate surface area is 120 Å². The molecule has 2 aromatic rings. The number of rotatable bonds is 4. The van der Waals surface area contributed by atoms with E-state index in [2.05, 4.69) is 36.0 Å². The van der Waals surface area contributed by atoms with Gasteiger partial charge in [-0.15, -0.1) is 0 Å². The lowest BCUT2D eigenvalue weighted by Crippen LogP contribution is -2.35. The quantitative estimate of drug-likeness (QED) is 0.926. The molecule has 1 saturated heterocycles. The smallest absolute Gasteiger partial charge is 0.134 e. The molecular weight excluding hydrogens is 250 g/mol. The molecule has 20 heavy (non-hydrogen) atoms. The maximum atomic E-state index is 6.01. The summed E-state index contributed by atoms with van der Waals surface area (Å²) in [6.45, 7) is 2.74. The molecule has 2 atom stereocenters. The number of nitrogens with zero attached hydrogens (tertiary/aromatic N) is 2. The minimum Gasteiger partial charge on any atom is -0.459 e. The average molecular weight is 273 g/mol. The SMILES string of the molecule is CN(C)C1CCN(C(CN)c2cc3ccccc3o2)C1. The predicted molar refractivity (Wildman–Crippen MR) is 81.7 cm³/mol. The molecule has 0 amide bonds. The van der Waals surface area contributed by atoms with Crippen LogP contribution in [0.3, 0.4) is 0 Å². The summed E-state index contributed by atoms with van der Waals surface area (Å²) in [5.74, 6) is 0.994. The first kappa shape index (κ1) is 13.6. The predicted octanol–water partition coefficient (Wildman–Crippen LogP) is 2.07. The number of hydrogen-bond donors (Lipinski definition) is 1. The first-order valence-corrected chi connectivity index (χ1v) is 7.28.